The maximum Gasteiger partial charge on any atom is 0.510 e. The van der Waals surface area contributed by atoms with Gasteiger partial charge in [0.15, 0.2) is 10.8 Å². The van der Waals surface area contributed by atoms with Crippen LogP contribution in [-0.4, -0.2) is 52.1 Å². The van der Waals surface area contributed by atoms with Crippen LogP contribution in [0.2, 0.25) is 5.15 Å². The summed E-state index contributed by atoms with van der Waals surface area (Å²) in [6.07, 6.45) is 1.48. The van der Waals surface area contributed by atoms with Gasteiger partial charge in [-0.15, -0.1) is 25.1 Å². The maximum absolute atomic E-state index is 12.1. The fraction of sp³-hybridized carbons (Fsp3) is 0.250. The second kappa shape index (κ2) is 15.6. The zero-order valence-electron chi connectivity index (χ0n) is 25.7. The molecule has 0 aliphatic rings. The molecule has 5 aromatic rings. The van der Waals surface area contributed by atoms with E-state index in [1.165, 1.54) is 0 Å². The van der Waals surface area contributed by atoms with Crippen LogP contribution < -0.4 is 0 Å². The predicted octanol–water partition coefficient (Wildman–Crippen LogP) is 5.97. The van der Waals surface area contributed by atoms with Gasteiger partial charge in [0.1, 0.15) is 19.0 Å². The first-order valence-corrected chi connectivity index (χ1v) is 15.2. The minimum absolute atomic E-state index is 0.0193. The van der Waals surface area contributed by atoms with Crippen molar-refractivity contribution in [2.45, 2.75) is 52.7 Å². The van der Waals surface area contributed by atoms with Crippen LogP contribution in [0.15, 0.2) is 72.8 Å². The molecule has 248 valence electrons. The third-order valence-corrected chi connectivity index (χ3v) is 7.46. The molecule has 0 saturated carbocycles. The summed E-state index contributed by atoms with van der Waals surface area (Å²) in [5.41, 5.74) is 4.49. The molecule has 1 N–H and O–H groups in total. The molecule has 5 rings (SSSR count). The Labute approximate surface area is 278 Å². The monoisotopic (exact) mass is 675 g/mol. The molecule has 0 atom stereocenters. The number of rotatable bonds is 15. The molecule has 3 aromatic carbocycles. The van der Waals surface area contributed by atoms with Gasteiger partial charge in [-0.05, 0) is 39.5 Å². The fourth-order valence-corrected chi connectivity index (χ4v) is 5.11. The van der Waals surface area contributed by atoms with Crippen LogP contribution in [0.3, 0.4) is 0 Å². The first kappa shape index (κ1) is 33.5. The Morgan fingerprint density at radius 3 is 2.27 bits per heavy atom. The number of hydrogen-bond acceptors (Lipinski definition) is 11. The zero-order valence-corrected chi connectivity index (χ0v) is 26.4. The number of carboxylic acids is 1. The molecule has 2 heterocycles. The largest absolute Gasteiger partial charge is 0.510 e. The standard InChI is InChI=1S/C32H30ClN7O8/c1-2-3-8-27-34-29(33)28(31(41)42)38(27)17-21-13-15-24(16-14-21)25-6-4-5-7-26(25)30-35-37-39(36-30)20-47-32(43)46-18-22-9-11-23(12-10-22)19-48-40(44)45/h4-7,9-16H,2-3,8,17-20H2,1H3,(H,41,42). The van der Waals surface area contributed by atoms with Crippen molar-refractivity contribution in [1.29, 1.82) is 0 Å². The number of ether oxygens (including phenoxy) is 2. The molecular weight excluding hydrogens is 646 g/mol. The Morgan fingerprint density at radius 1 is 0.938 bits per heavy atom. The summed E-state index contributed by atoms with van der Waals surface area (Å²) in [5.74, 6) is -0.182. The van der Waals surface area contributed by atoms with Crippen LogP contribution in [0.25, 0.3) is 22.5 Å². The molecule has 0 fully saturated rings. The number of aromatic carboxylic acids is 1. The highest BCUT2D eigenvalue weighted by Crippen LogP contribution is 2.30. The summed E-state index contributed by atoms with van der Waals surface area (Å²) in [6, 6.07) is 21.7. The van der Waals surface area contributed by atoms with E-state index in [-0.39, 0.29) is 30.8 Å². The van der Waals surface area contributed by atoms with Crippen molar-refractivity contribution in [2.24, 2.45) is 0 Å². The first-order chi connectivity index (χ1) is 23.2. The molecule has 0 radical (unpaired) electrons. The van der Waals surface area contributed by atoms with E-state index in [0.29, 0.717) is 41.3 Å². The van der Waals surface area contributed by atoms with E-state index in [1.807, 2.05) is 48.5 Å². The molecule has 0 unspecified atom stereocenters. The van der Waals surface area contributed by atoms with Crippen molar-refractivity contribution in [3.05, 3.63) is 116 Å². The number of aromatic nitrogens is 6. The van der Waals surface area contributed by atoms with Gasteiger partial charge in [-0.2, -0.15) is 0 Å². The number of unbranched alkanes of at least 4 members (excludes halogenated alkanes) is 1. The Hall–Kier alpha value is -5.83. The predicted molar refractivity (Wildman–Crippen MR) is 170 cm³/mol. The number of imidazole rings is 1. The second-order valence-corrected chi connectivity index (χ2v) is 10.9. The van der Waals surface area contributed by atoms with Crippen LogP contribution in [0.5, 0.6) is 0 Å². The van der Waals surface area contributed by atoms with Gasteiger partial charge in [0.25, 0.3) is 5.09 Å². The van der Waals surface area contributed by atoms with Gasteiger partial charge in [-0.1, -0.05) is 97.7 Å². The molecular formula is C32H30ClN7O8. The maximum atomic E-state index is 12.1. The number of hydrogen-bond donors (Lipinski definition) is 1. The van der Waals surface area contributed by atoms with Crippen molar-refractivity contribution in [2.75, 3.05) is 0 Å². The van der Waals surface area contributed by atoms with Crippen molar-refractivity contribution >= 4 is 23.7 Å². The summed E-state index contributed by atoms with van der Waals surface area (Å²) >= 11 is 6.18. The number of tetrazole rings is 1. The molecule has 15 nitrogen and oxygen atoms in total. The minimum atomic E-state index is -1.13. The van der Waals surface area contributed by atoms with E-state index >= 15 is 0 Å². The van der Waals surface area contributed by atoms with Gasteiger partial charge in [0.05, 0.1) is 0 Å². The highest BCUT2D eigenvalue weighted by molar-refractivity contribution is 6.32. The summed E-state index contributed by atoms with van der Waals surface area (Å²) in [4.78, 5) is 44.1. The Bertz CT molecular complexity index is 1890. The zero-order chi connectivity index (χ0) is 34.0. The summed E-state index contributed by atoms with van der Waals surface area (Å²) in [6.45, 7) is 1.76. The third kappa shape index (κ3) is 8.50. The smallest absolute Gasteiger partial charge is 0.476 e. The summed E-state index contributed by atoms with van der Waals surface area (Å²) < 4.78 is 11.9. The van der Waals surface area contributed by atoms with Crippen LogP contribution in [0.1, 0.15) is 52.8 Å². The highest BCUT2D eigenvalue weighted by atomic mass is 35.5. The molecule has 0 bridgehead atoms. The number of benzene rings is 3. The summed E-state index contributed by atoms with van der Waals surface area (Å²) in [7, 11) is 0. The molecule has 16 heteroatoms. The lowest BCUT2D eigenvalue weighted by Gasteiger charge is -2.12. The lowest BCUT2D eigenvalue weighted by molar-refractivity contribution is -0.763. The molecule has 0 spiro atoms. The lowest BCUT2D eigenvalue weighted by Crippen LogP contribution is -2.13. The lowest BCUT2D eigenvalue weighted by atomic mass is 9.98. The minimum Gasteiger partial charge on any atom is -0.476 e. The summed E-state index contributed by atoms with van der Waals surface area (Å²) in [5, 5.41) is 31.7. The average molecular weight is 676 g/mol. The molecule has 0 aliphatic heterocycles. The van der Waals surface area contributed by atoms with E-state index in [2.05, 4.69) is 32.2 Å². The van der Waals surface area contributed by atoms with Gasteiger partial charge in [-0.3, -0.25) is 0 Å². The SMILES string of the molecule is CCCCc1nc(Cl)c(C(=O)O)n1Cc1ccc(-c2ccccc2-c2nnn(COC(=O)OCc3ccc(CO[N+](=O)[O-])cc3)n2)cc1. The van der Waals surface area contributed by atoms with Gasteiger partial charge in [0.2, 0.25) is 12.6 Å². The van der Waals surface area contributed by atoms with Crippen molar-refractivity contribution in [3.8, 4) is 22.5 Å². The van der Waals surface area contributed by atoms with E-state index in [4.69, 9.17) is 21.1 Å². The third-order valence-electron chi connectivity index (χ3n) is 7.20. The van der Waals surface area contributed by atoms with Gasteiger partial charge >= 0.3 is 12.1 Å². The Morgan fingerprint density at radius 2 is 1.60 bits per heavy atom. The van der Waals surface area contributed by atoms with Crippen LogP contribution in [0, 0.1) is 10.1 Å². The Kier molecular flexibility index (Phi) is 10.9. The number of aryl methyl sites for hydroxylation is 1. The molecule has 0 aliphatic carbocycles. The second-order valence-electron chi connectivity index (χ2n) is 10.5. The van der Waals surface area contributed by atoms with Crippen LogP contribution in [0.4, 0.5) is 4.79 Å². The first-order valence-electron chi connectivity index (χ1n) is 14.8. The topological polar surface area (TPSA) is 187 Å². The normalized spacial score (nSPS) is 10.9. The number of nitrogens with zero attached hydrogens (tertiary/aromatic N) is 7. The van der Waals surface area contributed by atoms with Gasteiger partial charge in [-0.25, -0.2) is 14.6 Å². The Balaban J connectivity index is 1.21. The number of carbonyl (C=O) groups is 2. The van der Waals surface area contributed by atoms with Gasteiger partial charge < -0.3 is 24.0 Å². The van der Waals surface area contributed by atoms with E-state index in [1.54, 1.807) is 28.8 Å². The van der Waals surface area contributed by atoms with Crippen molar-refractivity contribution in [3.63, 3.8) is 0 Å². The average Bonchev–Trinajstić information content (AvgIpc) is 3.69. The molecule has 0 amide bonds. The molecule has 0 saturated heterocycles. The van der Waals surface area contributed by atoms with Crippen molar-refractivity contribution in [1.82, 2.24) is 29.8 Å². The van der Waals surface area contributed by atoms with E-state index < -0.39 is 17.2 Å². The van der Waals surface area contributed by atoms with Crippen LogP contribution in [-0.2, 0) is 47.2 Å². The quantitative estimate of drug-likeness (QED) is 0.0780. The van der Waals surface area contributed by atoms with Crippen LogP contribution >= 0.6 is 11.6 Å². The van der Waals surface area contributed by atoms with E-state index in [0.717, 1.165) is 34.3 Å². The number of halogens is 1. The fourth-order valence-electron chi connectivity index (χ4n) is 4.83. The van der Waals surface area contributed by atoms with E-state index in [9.17, 15) is 24.8 Å². The number of carboxylic acid groups (broad SMARTS) is 1. The van der Waals surface area contributed by atoms with Crippen molar-refractivity contribution < 1.29 is 34.1 Å². The number of carbonyl (C=O) groups excluding carboxylic acids is 1. The molecule has 2 aromatic heterocycles. The molecule has 48 heavy (non-hydrogen) atoms. The van der Waals surface area contributed by atoms with Gasteiger partial charge in [0, 0.05) is 18.5 Å². The highest BCUT2D eigenvalue weighted by Gasteiger charge is 2.22.